The highest BCUT2D eigenvalue weighted by atomic mass is 35.5. The van der Waals surface area contributed by atoms with E-state index in [0.29, 0.717) is 0 Å². The molecule has 0 aliphatic heterocycles. The van der Waals surface area contributed by atoms with Gasteiger partial charge in [0.25, 0.3) is 0 Å². The molecule has 1 aromatic carbocycles. The van der Waals surface area contributed by atoms with Gasteiger partial charge in [0.15, 0.2) is 5.78 Å². The molecule has 74 valence electrons. The number of carbonyl (C=O) groups excluding carboxylic acids is 1. The molecule has 0 saturated heterocycles. The van der Waals surface area contributed by atoms with Crippen LogP contribution in [-0.2, 0) is 0 Å². The highest BCUT2D eigenvalue weighted by molar-refractivity contribution is 6.61. The average Bonchev–Trinajstić information content (AvgIpc) is 2.16. The molecule has 0 heterocycles. The number of ketones is 1. The summed E-state index contributed by atoms with van der Waals surface area (Å²) in [4.78, 5) is 11.5. The van der Waals surface area contributed by atoms with Gasteiger partial charge in [0.1, 0.15) is 0 Å². The van der Waals surface area contributed by atoms with Gasteiger partial charge in [0.2, 0.25) is 0 Å². The van der Waals surface area contributed by atoms with E-state index in [2.05, 4.69) is 0 Å². The van der Waals surface area contributed by atoms with E-state index in [1.54, 1.807) is 19.1 Å². The molecule has 0 aromatic heterocycles. The standard InChI is InChI=1S/C9H10BClO3/c1-2-8(12)9-6(10(13)14)4-3-5-7(9)11/h3-5,13-14H,2H2,1H3. The monoisotopic (exact) mass is 212 g/mol. The molecule has 0 amide bonds. The van der Waals surface area contributed by atoms with E-state index in [1.807, 2.05) is 0 Å². The molecule has 0 aliphatic rings. The summed E-state index contributed by atoms with van der Waals surface area (Å²) >= 11 is 5.80. The van der Waals surface area contributed by atoms with Gasteiger partial charge in [0.05, 0.1) is 5.02 Å². The second-order valence-corrected chi connectivity index (χ2v) is 3.26. The van der Waals surface area contributed by atoms with Crippen molar-refractivity contribution in [3.63, 3.8) is 0 Å². The molecular formula is C9H10BClO3. The van der Waals surface area contributed by atoms with Gasteiger partial charge < -0.3 is 10.0 Å². The summed E-state index contributed by atoms with van der Waals surface area (Å²) in [6.07, 6.45) is 0.281. The van der Waals surface area contributed by atoms with Crippen LogP contribution in [0.3, 0.4) is 0 Å². The highest BCUT2D eigenvalue weighted by Gasteiger charge is 2.21. The summed E-state index contributed by atoms with van der Waals surface area (Å²) in [5, 5.41) is 18.3. The number of halogens is 1. The van der Waals surface area contributed by atoms with Crippen LogP contribution in [0.4, 0.5) is 0 Å². The maximum atomic E-state index is 11.5. The van der Waals surface area contributed by atoms with Crippen LogP contribution in [0.2, 0.25) is 5.02 Å². The first kappa shape index (κ1) is 11.2. The molecule has 1 rings (SSSR count). The maximum absolute atomic E-state index is 11.5. The molecule has 0 bridgehead atoms. The SMILES string of the molecule is CCC(=O)c1c(Cl)cccc1B(O)O. The van der Waals surface area contributed by atoms with Crippen molar-refractivity contribution in [2.45, 2.75) is 13.3 Å². The van der Waals surface area contributed by atoms with Crippen LogP contribution in [0.5, 0.6) is 0 Å². The first-order chi connectivity index (χ1) is 6.57. The fourth-order valence-electron chi connectivity index (χ4n) is 1.23. The zero-order valence-electron chi connectivity index (χ0n) is 7.70. The molecule has 0 saturated carbocycles. The van der Waals surface area contributed by atoms with Crippen molar-refractivity contribution >= 4 is 30.0 Å². The minimum Gasteiger partial charge on any atom is -0.423 e. The van der Waals surface area contributed by atoms with E-state index in [4.69, 9.17) is 21.6 Å². The molecule has 0 aliphatic carbocycles. The summed E-state index contributed by atoms with van der Waals surface area (Å²) in [6, 6.07) is 4.60. The molecule has 1 aromatic rings. The van der Waals surface area contributed by atoms with Crippen LogP contribution >= 0.6 is 11.6 Å². The number of hydrogen-bond donors (Lipinski definition) is 2. The third-order valence-corrected chi connectivity index (χ3v) is 2.24. The Bertz CT molecular complexity index is 352. The second kappa shape index (κ2) is 4.60. The smallest absolute Gasteiger partial charge is 0.423 e. The lowest BCUT2D eigenvalue weighted by atomic mass is 9.76. The Labute approximate surface area is 87.5 Å². The van der Waals surface area contributed by atoms with Crippen molar-refractivity contribution in [3.8, 4) is 0 Å². The van der Waals surface area contributed by atoms with Gasteiger partial charge in [0, 0.05) is 12.0 Å². The lowest BCUT2D eigenvalue weighted by molar-refractivity contribution is 0.0989. The van der Waals surface area contributed by atoms with Crippen LogP contribution in [0, 0.1) is 0 Å². The van der Waals surface area contributed by atoms with Crippen LogP contribution in [0.25, 0.3) is 0 Å². The number of benzene rings is 1. The lowest BCUT2D eigenvalue weighted by Crippen LogP contribution is -2.34. The molecule has 0 spiro atoms. The minimum atomic E-state index is -1.67. The molecule has 14 heavy (non-hydrogen) atoms. The van der Waals surface area contributed by atoms with Crippen LogP contribution in [0.15, 0.2) is 18.2 Å². The predicted molar refractivity (Wildman–Crippen MR) is 55.9 cm³/mol. The van der Waals surface area contributed by atoms with E-state index in [1.165, 1.54) is 6.07 Å². The van der Waals surface area contributed by atoms with Crippen LogP contribution in [0.1, 0.15) is 23.7 Å². The Hall–Kier alpha value is -0.835. The molecule has 3 nitrogen and oxygen atoms in total. The summed E-state index contributed by atoms with van der Waals surface area (Å²) in [7, 11) is -1.67. The maximum Gasteiger partial charge on any atom is 0.489 e. The molecule has 5 heteroatoms. The van der Waals surface area contributed by atoms with Gasteiger partial charge in [-0.15, -0.1) is 0 Å². The largest absolute Gasteiger partial charge is 0.489 e. The van der Waals surface area contributed by atoms with Crippen molar-refractivity contribution in [2.75, 3.05) is 0 Å². The van der Waals surface area contributed by atoms with Gasteiger partial charge in [-0.2, -0.15) is 0 Å². The highest BCUT2D eigenvalue weighted by Crippen LogP contribution is 2.15. The average molecular weight is 212 g/mol. The Kier molecular flexibility index (Phi) is 3.69. The number of hydrogen-bond acceptors (Lipinski definition) is 3. The summed E-state index contributed by atoms with van der Waals surface area (Å²) in [5.74, 6) is -0.196. The van der Waals surface area contributed by atoms with E-state index >= 15 is 0 Å². The minimum absolute atomic E-state index is 0.157. The zero-order chi connectivity index (χ0) is 10.7. The summed E-state index contributed by atoms with van der Waals surface area (Å²) < 4.78 is 0. The molecular weight excluding hydrogens is 202 g/mol. The van der Waals surface area contributed by atoms with E-state index in [0.717, 1.165) is 0 Å². The van der Waals surface area contributed by atoms with Crippen LogP contribution in [-0.4, -0.2) is 22.9 Å². The molecule has 0 atom stereocenters. The van der Waals surface area contributed by atoms with Crippen molar-refractivity contribution in [1.82, 2.24) is 0 Å². The van der Waals surface area contributed by atoms with Crippen molar-refractivity contribution in [2.24, 2.45) is 0 Å². The molecule has 2 N–H and O–H groups in total. The van der Waals surface area contributed by atoms with Crippen molar-refractivity contribution in [3.05, 3.63) is 28.8 Å². The quantitative estimate of drug-likeness (QED) is 0.570. The van der Waals surface area contributed by atoms with Gasteiger partial charge in [-0.3, -0.25) is 4.79 Å². The third-order valence-electron chi connectivity index (χ3n) is 1.92. The molecule has 0 fully saturated rings. The van der Waals surface area contributed by atoms with Crippen molar-refractivity contribution < 1.29 is 14.8 Å². The van der Waals surface area contributed by atoms with E-state index < -0.39 is 7.12 Å². The number of rotatable bonds is 3. The number of carbonyl (C=O) groups is 1. The van der Waals surface area contributed by atoms with Gasteiger partial charge in [-0.25, -0.2) is 0 Å². The topological polar surface area (TPSA) is 57.5 Å². The first-order valence-corrected chi connectivity index (χ1v) is 4.63. The predicted octanol–water partition coefficient (Wildman–Crippen LogP) is 0.612. The fraction of sp³-hybridized carbons (Fsp3) is 0.222. The third kappa shape index (κ3) is 2.15. The molecule has 0 unspecified atom stereocenters. The fourth-order valence-corrected chi connectivity index (χ4v) is 1.51. The number of Topliss-reactive ketones (excluding diaryl/α,β-unsaturated/α-hetero) is 1. The lowest BCUT2D eigenvalue weighted by Gasteiger charge is -2.08. The van der Waals surface area contributed by atoms with E-state index in [-0.39, 0.29) is 28.3 Å². The van der Waals surface area contributed by atoms with E-state index in [9.17, 15) is 4.79 Å². The van der Waals surface area contributed by atoms with Gasteiger partial charge >= 0.3 is 7.12 Å². The Morgan fingerprint density at radius 2 is 2.14 bits per heavy atom. The van der Waals surface area contributed by atoms with Gasteiger partial charge in [-0.05, 0) is 11.5 Å². The van der Waals surface area contributed by atoms with Gasteiger partial charge in [-0.1, -0.05) is 30.7 Å². The Morgan fingerprint density at radius 1 is 1.50 bits per heavy atom. The first-order valence-electron chi connectivity index (χ1n) is 4.25. The Morgan fingerprint density at radius 3 is 2.64 bits per heavy atom. The van der Waals surface area contributed by atoms with Crippen molar-refractivity contribution in [1.29, 1.82) is 0 Å². The normalized spacial score (nSPS) is 10.0. The Balaban J connectivity index is 3.29. The molecule has 0 radical (unpaired) electrons. The zero-order valence-corrected chi connectivity index (χ0v) is 8.45. The summed E-state index contributed by atoms with van der Waals surface area (Å²) in [5.41, 5.74) is 0.357. The summed E-state index contributed by atoms with van der Waals surface area (Å²) in [6.45, 7) is 1.69. The second-order valence-electron chi connectivity index (χ2n) is 2.85. The van der Waals surface area contributed by atoms with Crippen LogP contribution < -0.4 is 5.46 Å².